The second-order valence-electron chi connectivity index (χ2n) is 6.25. The van der Waals surface area contributed by atoms with E-state index in [1.54, 1.807) is 0 Å². The number of nitrogens with one attached hydrogen (secondary N) is 1. The lowest BCUT2D eigenvalue weighted by molar-refractivity contribution is 0.254. The van der Waals surface area contributed by atoms with Gasteiger partial charge in [0.1, 0.15) is 0 Å². The zero-order valence-electron chi connectivity index (χ0n) is 11.7. The topological polar surface area (TPSA) is 29.9 Å². The molecule has 1 aromatic heterocycles. The van der Waals surface area contributed by atoms with Crippen LogP contribution in [0.2, 0.25) is 0 Å². The Bertz CT molecular complexity index is 414. The molecule has 0 spiro atoms. The van der Waals surface area contributed by atoms with Crippen LogP contribution in [0.4, 0.5) is 0 Å². The van der Waals surface area contributed by atoms with E-state index in [1.807, 2.05) is 0 Å². The summed E-state index contributed by atoms with van der Waals surface area (Å²) in [6.45, 7) is 7.83. The third-order valence-electron chi connectivity index (χ3n) is 4.78. The van der Waals surface area contributed by atoms with Crippen molar-refractivity contribution in [2.45, 2.75) is 59.0 Å². The zero-order valence-corrected chi connectivity index (χ0v) is 11.7. The van der Waals surface area contributed by atoms with Crippen molar-refractivity contribution in [1.82, 2.24) is 15.1 Å². The molecule has 0 saturated heterocycles. The van der Waals surface area contributed by atoms with Gasteiger partial charge in [-0.3, -0.25) is 4.68 Å². The van der Waals surface area contributed by atoms with Gasteiger partial charge in [-0.05, 0) is 50.1 Å². The monoisotopic (exact) mass is 247 g/mol. The van der Waals surface area contributed by atoms with Crippen molar-refractivity contribution in [3.8, 4) is 0 Å². The van der Waals surface area contributed by atoms with E-state index in [0.29, 0.717) is 0 Å². The summed E-state index contributed by atoms with van der Waals surface area (Å²) in [5.41, 5.74) is 4.23. The molecular weight excluding hydrogens is 222 g/mol. The van der Waals surface area contributed by atoms with Crippen LogP contribution in [-0.4, -0.2) is 16.3 Å². The maximum atomic E-state index is 4.78. The highest BCUT2D eigenvalue weighted by Crippen LogP contribution is 2.30. The van der Waals surface area contributed by atoms with Gasteiger partial charge in [0.25, 0.3) is 0 Å². The van der Waals surface area contributed by atoms with Gasteiger partial charge in [0, 0.05) is 13.1 Å². The minimum atomic E-state index is 0.853. The first kappa shape index (κ1) is 12.2. The van der Waals surface area contributed by atoms with E-state index in [2.05, 4.69) is 23.8 Å². The summed E-state index contributed by atoms with van der Waals surface area (Å²) in [7, 11) is 0. The Kier molecular flexibility index (Phi) is 3.42. The quantitative estimate of drug-likeness (QED) is 0.870. The van der Waals surface area contributed by atoms with Gasteiger partial charge >= 0.3 is 0 Å². The summed E-state index contributed by atoms with van der Waals surface area (Å²) in [5.74, 6) is 1.79. The molecule has 0 unspecified atom stereocenters. The van der Waals surface area contributed by atoms with E-state index in [9.17, 15) is 0 Å². The maximum Gasteiger partial charge on any atom is 0.0629 e. The van der Waals surface area contributed by atoms with Crippen molar-refractivity contribution >= 4 is 0 Å². The summed E-state index contributed by atoms with van der Waals surface area (Å²) < 4.78 is 2.30. The Balaban J connectivity index is 1.73. The minimum absolute atomic E-state index is 0.853. The van der Waals surface area contributed by atoms with Crippen molar-refractivity contribution in [3.63, 3.8) is 0 Å². The number of aromatic nitrogens is 2. The summed E-state index contributed by atoms with van der Waals surface area (Å²) in [5, 5.41) is 8.26. The van der Waals surface area contributed by atoms with Crippen molar-refractivity contribution < 1.29 is 0 Å². The van der Waals surface area contributed by atoms with Gasteiger partial charge in [0.2, 0.25) is 0 Å². The molecule has 0 aromatic carbocycles. The van der Waals surface area contributed by atoms with Gasteiger partial charge in [-0.15, -0.1) is 0 Å². The normalized spacial score (nSPS) is 28.1. The average Bonchev–Trinajstić information content (AvgIpc) is 2.70. The first-order valence-electron chi connectivity index (χ1n) is 7.50. The van der Waals surface area contributed by atoms with Gasteiger partial charge in [-0.25, -0.2) is 0 Å². The molecule has 0 radical (unpaired) electrons. The molecule has 1 aromatic rings. The fraction of sp³-hybridized carbons (Fsp3) is 0.800. The lowest BCUT2D eigenvalue weighted by atomic mass is 9.83. The molecule has 1 N–H and O–H groups in total. The molecule has 1 aliphatic carbocycles. The molecule has 3 rings (SSSR count). The Labute approximate surface area is 110 Å². The molecule has 2 heterocycles. The molecule has 0 amide bonds. The summed E-state index contributed by atoms with van der Waals surface area (Å²) in [6.07, 6.45) is 6.75. The predicted octanol–water partition coefficient (Wildman–Crippen LogP) is 2.66. The van der Waals surface area contributed by atoms with Gasteiger partial charge in [0.15, 0.2) is 0 Å². The Morgan fingerprint density at radius 2 is 2.06 bits per heavy atom. The standard InChI is InChI=1S/C15H25N3/c1-11-3-5-13(6-4-11)10-18-15-9-16-8-7-14(15)12(2)17-18/h11,13,16H,3-10H2,1-2H3. The zero-order chi connectivity index (χ0) is 12.5. The predicted molar refractivity (Wildman–Crippen MR) is 73.5 cm³/mol. The Morgan fingerprint density at radius 3 is 2.83 bits per heavy atom. The number of aryl methyl sites for hydroxylation is 1. The molecular formula is C15H25N3. The highest BCUT2D eigenvalue weighted by atomic mass is 15.3. The lowest BCUT2D eigenvalue weighted by Gasteiger charge is -2.27. The third-order valence-corrected chi connectivity index (χ3v) is 4.78. The summed E-state index contributed by atoms with van der Waals surface area (Å²) in [6, 6.07) is 0. The summed E-state index contributed by atoms with van der Waals surface area (Å²) >= 11 is 0. The Morgan fingerprint density at radius 1 is 1.28 bits per heavy atom. The summed E-state index contributed by atoms with van der Waals surface area (Å²) in [4.78, 5) is 0. The highest BCUT2D eigenvalue weighted by molar-refractivity contribution is 5.27. The number of hydrogen-bond donors (Lipinski definition) is 1. The van der Waals surface area contributed by atoms with Crippen molar-refractivity contribution in [2.75, 3.05) is 6.54 Å². The first-order valence-corrected chi connectivity index (χ1v) is 7.50. The molecule has 1 fully saturated rings. The fourth-order valence-electron chi connectivity index (χ4n) is 3.52. The molecule has 3 heteroatoms. The van der Waals surface area contributed by atoms with Crippen LogP contribution in [-0.2, 0) is 19.5 Å². The van der Waals surface area contributed by atoms with Gasteiger partial charge in [0.05, 0.1) is 11.4 Å². The lowest BCUT2D eigenvalue weighted by Crippen LogP contribution is -2.27. The number of hydrogen-bond acceptors (Lipinski definition) is 2. The Hall–Kier alpha value is -0.830. The minimum Gasteiger partial charge on any atom is -0.311 e. The van der Waals surface area contributed by atoms with E-state index in [4.69, 9.17) is 5.10 Å². The van der Waals surface area contributed by atoms with E-state index < -0.39 is 0 Å². The number of fused-ring (bicyclic) bond motifs is 1. The third kappa shape index (κ3) is 2.33. The van der Waals surface area contributed by atoms with Crippen LogP contribution in [0, 0.1) is 18.8 Å². The van der Waals surface area contributed by atoms with Crippen LogP contribution < -0.4 is 5.32 Å². The average molecular weight is 247 g/mol. The van der Waals surface area contributed by atoms with Crippen molar-refractivity contribution in [2.24, 2.45) is 11.8 Å². The molecule has 100 valence electrons. The second-order valence-corrected chi connectivity index (χ2v) is 6.25. The molecule has 18 heavy (non-hydrogen) atoms. The SMILES string of the molecule is Cc1nn(CC2CCC(C)CC2)c2c1CCNC2. The van der Waals surface area contributed by atoms with E-state index in [0.717, 1.165) is 37.9 Å². The number of nitrogens with zero attached hydrogens (tertiary/aromatic N) is 2. The fourth-order valence-corrected chi connectivity index (χ4v) is 3.52. The highest BCUT2D eigenvalue weighted by Gasteiger charge is 2.23. The van der Waals surface area contributed by atoms with E-state index in [1.165, 1.54) is 42.6 Å². The smallest absolute Gasteiger partial charge is 0.0629 e. The molecule has 0 atom stereocenters. The van der Waals surface area contributed by atoms with Crippen LogP contribution >= 0.6 is 0 Å². The molecule has 1 aliphatic heterocycles. The van der Waals surface area contributed by atoms with Crippen LogP contribution in [0.3, 0.4) is 0 Å². The molecule has 1 saturated carbocycles. The molecule has 0 bridgehead atoms. The molecule has 3 nitrogen and oxygen atoms in total. The maximum absolute atomic E-state index is 4.78. The number of rotatable bonds is 2. The molecule has 2 aliphatic rings. The van der Waals surface area contributed by atoms with Gasteiger partial charge in [-0.1, -0.05) is 19.8 Å². The van der Waals surface area contributed by atoms with Crippen molar-refractivity contribution in [1.29, 1.82) is 0 Å². The van der Waals surface area contributed by atoms with Crippen LogP contribution in [0.25, 0.3) is 0 Å². The van der Waals surface area contributed by atoms with E-state index >= 15 is 0 Å². The van der Waals surface area contributed by atoms with Gasteiger partial charge < -0.3 is 5.32 Å². The second kappa shape index (κ2) is 5.04. The van der Waals surface area contributed by atoms with Crippen LogP contribution in [0.5, 0.6) is 0 Å². The van der Waals surface area contributed by atoms with Crippen molar-refractivity contribution in [3.05, 3.63) is 17.0 Å². The first-order chi connectivity index (χ1) is 8.74. The largest absolute Gasteiger partial charge is 0.311 e. The van der Waals surface area contributed by atoms with Gasteiger partial charge in [-0.2, -0.15) is 5.10 Å². The van der Waals surface area contributed by atoms with Crippen LogP contribution in [0.15, 0.2) is 0 Å². The van der Waals surface area contributed by atoms with E-state index in [-0.39, 0.29) is 0 Å². The van der Waals surface area contributed by atoms with Crippen LogP contribution in [0.1, 0.15) is 49.6 Å².